The lowest BCUT2D eigenvalue weighted by atomic mass is 10.1. The van der Waals surface area contributed by atoms with Crippen molar-refractivity contribution in [1.82, 2.24) is 40.1 Å². The fraction of sp³-hybridized carbons (Fsp3) is 0.292. The van der Waals surface area contributed by atoms with Crippen molar-refractivity contribution in [3.05, 3.63) is 59.3 Å². The van der Waals surface area contributed by atoms with Crippen LogP contribution < -0.4 is 16.0 Å². The molecule has 204 valence electrons. The number of imidazole rings is 1. The van der Waals surface area contributed by atoms with E-state index >= 15 is 0 Å². The van der Waals surface area contributed by atoms with Crippen molar-refractivity contribution in [2.24, 2.45) is 0 Å². The van der Waals surface area contributed by atoms with Crippen LogP contribution >= 0.6 is 11.6 Å². The van der Waals surface area contributed by atoms with Gasteiger partial charge in [0.25, 0.3) is 5.91 Å². The van der Waals surface area contributed by atoms with Crippen molar-refractivity contribution >= 4 is 40.6 Å². The molecule has 1 fully saturated rings. The maximum absolute atomic E-state index is 13.4. The molecule has 2 amide bonds. The van der Waals surface area contributed by atoms with Crippen molar-refractivity contribution in [2.45, 2.75) is 19.1 Å². The number of benzene rings is 1. The molecule has 1 aromatic carbocycles. The van der Waals surface area contributed by atoms with Crippen LogP contribution in [0.2, 0.25) is 5.02 Å². The fourth-order valence-electron chi connectivity index (χ4n) is 4.32. The lowest BCUT2D eigenvalue weighted by molar-refractivity contribution is -0.140. The molecule has 1 saturated heterocycles. The summed E-state index contributed by atoms with van der Waals surface area (Å²) in [6.45, 7) is 4.17. The highest BCUT2D eigenvalue weighted by Crippen LogP contribution is 2.36. The Morgan fingerprint density at radius 1 is 1.18 bits per heavy atom. The number of amides is 2. The van der Waals surface area contributed by atoms with Crippen molar-refractivity contribution < 1.29 is 22.8 Å². The Balaban J connectivity index is 1.33. The van der Waals surface area contributed by atoms with E-state index in [4.69, 9.17) is 11.6 Å². The number of halogens is 4. The number of carbonyl (C=O) groups is 2. The van der Waals surface area contributed by atoms with E-state index in [1.807, 2.05) is 0 Å². The zero-order valence-electron chi connectivity index (χ0n) is 20.5. The van der Waals surface area contributed by atoms with E-state index in [-0.39, 0.29) is 39.2 Å². The first-order valence-corrected chi connectivity index (χ1v) is 12.3. The third kappa shape index (κ3) is 5.38. The number of carbonyl (C=O) groups excluding carboxylic acids is 2. The molecule has 0 bridgehead atoms. The highest BCUT2D eigenvalue weighted by molar-refractivity contribution is 6.34. The molecule has 0 saturated carbocycles. The zero-order chi connectivity index (χ0) is 27.7. The van der Waals surface area contributed by atoms with E-state index in [0.717, 1.165) is 6.20 Å². The normalized spacial score (nSPS) is 14.8. The highest BCUT2D eigenvalue weighted by Gasteiger charge is 2.37. The summed E-state index contributed by atoms with van der Waals surface area (Å²) < 4.78 is 41.5. The van der Waals surface area contributed by atoms with Crippen LogP contribution in [0, 0.1) is 0 Å². The monoisotopic (exact) mass is 561 g/mol. The third-order valence-electron chi connectivity index (χ3n) is 6.24. The molecular formula is C24H23ClF3N9O2. The summed E-state index contributed by atoms with van der Waals surface area (Å²) in [6, 6.07) is 3.87. The minimum absolute atomic E-state index is 0.128. The van der Waals surface area contributed by atoms with E-state index in [9.17, 15) is 22.8 Å². The predicted molar refractivity (Wildman–Crippen MR) is 137 cm³/mol. The number of aromatic nitrogens is 5. The van der Waals surface area contributed by atoms with Gasteiger partial charge in [0.15, 0.2) is 17.2 Å². The summed E-state index contributed by atoms with van der Waals surface area (Å²) in [6.07, 6.45) is 0.703. The second kappa shape index (κ2) is 10.5. The standard InChI is InChI=1S/C24H23ClF3N9O2/c1-13(23(39)36-7-4-29-5-8-36)33-22(38)15-3-2-14(10-17(15)25)34-20-21-31-12-18(37(21)9-6-30-20)16-11-32-35-19(16)24(26,27)28/h2-3,6,9-13,29H,4-5,7-8H2,1H3,(H,30,34)(H,32,35)(H,33,38)/t13-/m0/s1. The van der Waals surface area contributed by atoms with Crippen LogP contribution in [-0.2, 0) is 11.0 Å². The molecule has 5 rings (SSSR count). The van der Waals surface area contributed by atoms with Gasteiger partial charge in [0, 0.05) is 50.5 Å². The van der Waals surface area contributed by atoms with Crippen LogP contribution in [0.25, 0.3) is 16.9 Å². The number of H-pyrrole nitrogens is 1. The summed E-state index contributed by atoms with van der Waals surface area (Å²) in [7, 11) is 0. The molecule has 4 aromatic rings. The minimum Gasteiger partial charge on any atom is -0.340 e. The SMILES string of the molecule is C[C@H](NC(=O)c1ccc(Nc2nccn3c(-c4c[nH]nc4C(F)(F)F)cnc23)cc1Cl)C(=O)N1CCNCC1. The van der Waals surface area contributed by atoms with Crippen LogP contribution in [0.5, 0.6) is 0 Å². The molecule has 0 radical (unpaired) electrons. The molecule has 0 spiro atoms. The van der Waals surface area contributed by atoms with Gasteiger partial charge < -0.3 is 20.9 Å². The average molecular weight is 562 g/mol. The largest absolute Gasteiger partial charge is 0.435 e. The Labute approximate surface area is 224 Å². The van der Waals surface area contributed by atoms with Gasteiger partial charge in [-0.2, -0.15) is 18.3 Å². The number of aromatic amines is 1. The van der Waals surface area contributed by atoms with Crippen molar-refractivity contribution in [3.8, 4) is 11.3 Å². The van der Waals surface area contributed by atoms with Crippen LogP contribution in [0.15, 0.2) is 43.0 Å². The van der Waals surface area contributed by atoms with E-state index in [1.165, 1.54) is 35.1 Å². The topological polar surface area (TPSA) is 132 Å². The quantitative estimate of drug-likeness (QED) is 0.284. The number of anilines is 2. The summed E-state index contributed by atoms with van der Waals surface area (Å²) >= 11 is 6.39. The molecule has 4 N–H and O–H groups in total. The Morgan fingerprint density at radius 2 is 1.95 bits per heavy atom. The Hall–Kier alpha value is -4.17. The van der Waals surface area contributed by atoms with E-state index in [0.29, 0.717) is 31.9 Å². The first-order valence-electron chi connectivity index (χ1n) is 11.9. The minimum atomic E-state index is -4.64. The third-order valence-corrected chi connectivity index (χ3v) is 6.55. The summed E-state index contributed by atoms with van der Waals surface area (Å²) in [5, 5.41) is 14.6. The van der Waals surface area contributed by atoms with Gasteiger partial charge >= 0.3 is 6.18 Å². The molecule has 1 atom stereocenters. The number of alkyl halides is 3. The highest BCUT2D eigenvalue weighted by atomic mass is 35.5. The van der Waals surface area contributed by atoms with Gasteiger partial charge in [-0.05, 0) is 25.1 Å². The summed E-state index contributed by atoms with van der Waals surface area (Å²) in [5.74, 6) is -0.416. The predicted octanol–water partition coefficient (Wildman–Crippen LogP) is 3.09. The van der Waals surface area contributed by atoms with E-state index in [2.05, 4.69) is 36.1 Å². The number of piperazine rings is 1. The van der Waals surface area contributed by atoms with Gasteiger partial charge in [0.1, 0.15) is 6.04 Å². The molecule has 1 aliphatic heterocycles. The molecule has 3 aromatic heterocycles. The van der Waals surface area contributed by atoms with Gasteiger partial charge in [0.2, 0.25) is 5.91 Å². The molecule has 0 unspecified atom stereocenters. The van der Waals surface area contributed by atoms with Crippen molar-refractivity contribution in [1.29, 1.82) is 0 Å². The Morgan fingerprint density at radius 3 is 2.67 bits per heavy atom. The Kier molecular flexibility index (Phi) is 7.14. The molecule has 15 heteroatoms. The number of rotatable bonds is 6. The molecule has 11 nitrogen and oxygen atoms in total. The lowest BCUT2D eigenvalue weighted by Crippen LogP contribution is -2.53. The molecule has 1 aliphatic rings. The average Bonchev–Trinajstić information content (AvgIpc) is 3.56. The van der Waals surface area contributed by atoms with Gasteiger partial charge in [-0.1, -0.05) is 11.6 Å². The second-order valence-electron chi connectivity index (χ2n) is 8.85. The molecule has 39 heavy (non-hydrogen) atoms. The maximum atomic E-state index is 13.4. The van der Waals surface area contributed by atoms with Crippen molar-refractivity contribution in [2.75, 3.05) is 31.5 Å². The number of nitrogens with zero attached hydrogens (tertiary/aromatic N) is 5. The number of hydrogen-bond donors (Lipinski definition) is 4. The van der Waals surface area contributed by atoms with Crippen LogP contribution in [0.3, 0.4) is 0 Å². The second-order valence-corrected chi connectivity index (χ2v) is 9.26. The smallest absolute Gasteiger partial charge is 0.340 e. The zero-order valence-corrected chi connectivity index (χ0v) is 21.3. The van der Waals surface area contributed by atoms with Gasteiger partial charge in [0.05, 0.1) is 28.0 Å². The fourth-order valence-corrected chi connectivity index (χ4v) is 4.58. The first-order chi connectivity index (χ1) is 18.6. The number of hydrogen-bond acceptors (Lipinski definition) is 7. The van der Waals surface area contributed by atoms with Gasteiger partial charge in [-0.3, -0.25) is 19.1 Å². The summed E-state index contributed by atoms with van der Waals surface area (Å²) in [4.78, 5) is 35.6. The first kappa shape index (κ1) is 26.4. The molecule has 4 heterocycles. The maximum Gasteiger partial charge on any atom is 0.435 e. The van der Waals surface area contributed by atoms with Gasteiger partial charge in [-0.25, -0.2) is 9.97 Å². The van der Waals surface area contributed by atoms with Crippen molar-refractivity contribution in [3.63, 3.8) is 0 Å². The number of nitrogens with one attached hydrogen (secondary N) is 4. The molecular weight excluding hydrogens is 539 g/mol. The summed E-state index contributed by atoms with van der Waals surface area (Å²) in [5.41, 5.74) is -0.136. The van der Waals surface area contributed by atoms with E-state index < -0.39 is 23.8 Å². The van der Waals surface area contributed by atoms with Crippen LogP contribution in [0.1, 0.15) is 23.0 Å². The molecule has 0 aliphatic carbocycles. The van der Waals surface area contributed by atoms with Crippen LogP contribution in [-0.4, -0.2) is 73.5 Å². The van der Waals surface area contributed by atoms with Crippen LogP contribution in [0.4, 0.5) is 24.7 Å². The van der Waals surface area contributed by atoms with E-state index in [1.54, 1.807) is 17.9 Å². The lowest BCUT2D eigenvalue weighted by Gasteiger charge is -2.30. The number of fused-ring (bicyclic) bond motifs is 1. The Bertz CT molecular complexity index is 1530. The van der Waals surface area contributed by atoms with Gasteiger partial charge in [-0.15, -0.1) is 0 Å².